The number of para-hydroxylation sites is 2. The van der Waals surface area contributed by atoms with Crippen LogP contribution in [0.5, 0.6) is 5.75 Å². The number of carbonyl (C=O) groups excluding carboxylic acids is 2. The topological polar surface area (TPSA) is 85.2 Å². The minimum Gasteiger partial charge on any atom is -0.497 e. The van der Waals surface area contributed by atoms with Crippen LogP contribution in [-0.2, 0) is 17.9 Å². The van der Waals surface area contributed by atoms with Gasteiger partial charge < -0.3 is 19.9 Å². The molecule has 7 nitrogen and oxygen atoms in total. The normalized spacial score (nSPS) is 11.7. The third-order valence-electron chi connectivity index (χ3n) is 5.48. The molecule has 2 N–H and O–H groups in total. The Morgan fingerprint density at radius 3 is 2.44 bits per heavy atom. The van der Waals surface area contributed by atoms with Gasteiger partial charge in [-0.25, -0.2) is 4.98 Å². The van der Waals surface area contributed by atoms with Crippen LogP contribution in [0.2, 0.25) is 5.02 Å². The van der Waals surface area contributed by atoms with Gasteiger partial charge in [-0.2, -0.15) is 0 Å². The van der Waals surface area contributed by atoms with Gasteiger partial charge in [0, 0.05) is 17.1 Å². The number of ether oxygens (including phenoxy) is 1. The molecule has 4 aromatic rings. The zero-order chi connectivity index (χ0) is 24.1. The van der Waals surface area contributed by atoms with E-state index in [2.05, 4.69) is 10.6 Å². The first kappa shape index (κ1) is 23.3. The average molecular weight is 477 g/mol. The van der Waals surface area contributed by atoms with Gasteiger partial charge in [0.25, 0.3) is 5.91 Å². The molecular weight excluding hydrogens is 452 g/mol. The highest BCUT2D eigenvalue weighted by molar-refractivity contribution is 6.30. The lowest BCUT2D eigenvalue weighted by Gasteiger charge is -2.16. The second-order valence-electron chi connectivity index (χ2n) is 7.87. The predicted molar refractivity (Wildman–Crippen MR) is 132 cm³/mol. The maximum atomic E-state index is 12.8. The molecule has 1 heterocycles. The number of amides is 2. The summed E-state index contributed by atoms with van der Waals surface area (Å²) in [5, 5.41) is 6.48. The molecule has 0 aliphatic rings. The highest BCUT2D eigenvalue weighted by Gasteiger charge is 2.20. The Hall–Kier alpha value is -3.84. The molecule has 34 heavy (non-hydrogen) atoms. The van der Waals surface area contributed by atoms with Crippen LogP contribution in [-0.4, -0.2) is 28.5 Å². The van der Waals surface area contributed by atoms with Crippen LogP contribution in [0.1, 0.15) is 34.7 Å². The van der Waals surface area contributed by atoms with Crippen molar-refractivity contribution in [2.45, 2.75) is 26.1 Å². The van der Waals surface area contributed by atoms with Crippen LogP contribution >= 0.6 is 11.6 Å². The fourth-order valence-corrected chi connectivity index (χ4v) is 3.81. The van der Waals surface area contributed by atoms with Crippen molar-refractivity contribution in [1.29, 1.82) is 0 Å². The summed E-state index contributed by atoms with van der Waals surface area (Å²) in [6.07, 6.45) is 0. The van der Waals surface area contributed by atoms with Gasteiger partial charge in [-0.1, -0.05) is 35.9 Å². The molecule has 0 bridgehead atoms. The van der Waals surface area contributed by atoms with Gasteiger partial charge in [0.2, 0.25) is 5.91 Å². The summed E-state index contributed by atoms with van der Waals surface area (Å²) in [5.74, 6) is 0.963. The zero-order valence-electron chi connectivity index (χ0n) is 18.9. The number of fused-ring (bicyclic) bond motifs is 1. The molecule has 174 valence electrons. The average Bonchev–Trinajstić information content (AvgIpc) is 3.22. The number of carbonyl (C=O) groups is 2. The van der Waals surface area contributed by atoms with Crippen molar-refractivity contribution in [2.24, 2.45) is 0 Å². The van der Waals surface area contributed by atoms with Crippen LogP contribution in [0.25, 0.3) is 11.0 Å². The SMILES string of the molecule is COc1ccc(CNC(=O)Cn2c(C(C)NC(=O)c3ccc(Cl)cc3)nc3ccccc32)cc1. The Morgan fingerprint density at radius 2 is 1.74 bits per heavy atom. The first-order valence-electron chi connectivity index (χ1n) is 10.9. The number of aromatic nitrogens is 2. The Bertz CT molecular complexity index is 1300. The van der Waals surface area contributed by atoms with E-state index in [1.165, 1.54) is 0 Å². The summed E-state index contributed by atoms with van der Waals surface area (Å²) in [7, 11) is 1.61. The van der Waals surface area contributed by atoms with E-state index < -0.39 is 6.04 Å². The van der Waals surface area contributed by atoms with Crippen molar-refractivity contribution in [1.82, 2.24) is 20.2 Å². The van der Waals surface area contributed by atoms with E-state index in [4.69, 9.17) is 21.3 Å². The molecule has 1 unspecified atom stereocenters. The van der Waals surface area contributed by atoms with E-state index in [0.29, 0.717) is 23.0 Å². The molecule has 0 saturated heterocycles. The number of imidazole rings is 1. The molecule has 1 aromatic heterocycles. The number of hydrogen-bond donors (Lipinski definition) is 2. The van der Waals surface area contributed by atoms with Gasteiger partial charge in [-0.3, -0.25) is 9.59 Å². The van der Waals surface area contributed by atoms with Crippen molar-refractivity contribution in [3.63, 3.8) is 0 Å². The second kappa shape index (κ2) is 10.4. The van der Waals surface area contributed by atoms with Crippen molar-refractivity contribution in [2.75, 3.05) is 7.11 Å². The Labute approximate surface area is 202 Å². The molecule has 4 rings (SSSR count). The van der Waals surface area contributed by atoms with E-state index in [0.717, 1.165) is 22.3 Å². The van der Waals surface area contributed by atoms with Crippen LogP contribution in [0.3, 0.4) is 0 Å². The van der Waals surface area contributed by atoms with Gasteiger partial charge in [0.05, 0.1) is 24.2 Å². The quantitative estimate of drug-likeness (QED) is 0.392. The molecule has 0 radical (unpaired) electrons. The highest BCUT2D eigenvalue weighted by atomic mass is 35.5. The summed E-state index contributed by atoms with van der Waals surface area (Å²) in [5.41, 5.74) is 3.04. The highest BCUT2D eigenvalue weighted by Crippen LogP contribution is 2.21. The molecular formula is C26H25ClN4O3. The van der Waals surface area contributed by atoms with Gasteiger partial charge in [-0.15, -0.1) is 0 Å². The first-order valence-corrected chi connectivity index (χ1v) is 11.2. The van der Waals surface area contributed by atoms with E-state index in [-0.39, 0.29) is 18.4 Å². The summed E-state index contributed by atoms with van der Waals surface area (Å²) >= 11 is 5.92. The summed E-state index contributed by atoms with van der Waals surface area (Å²) in [6.45, 7) is 2.32. The first-order chi connectivity index (χ1) is 16.4. The van der Waals surface area contributed by atoms with Crippen molar-refractivity contribution < 1.29 is 14.3 Å². The minimum absolute atomic E-state index is 0.0765. The number of methoxy groups -OCH3 is 1. The second-order valence-corrected chi connectivity index (χ2v) is 8.31. The van der Waals surface area contributed by atoms with E-state index >= 15 is 0 Å². The van der Waals surface area contributed by atoms with Crippen molar-refractivity contribution in [3.05, 3.63) is 94.8 Å². The van der Waals surface area contributed by atoms with Crippen LogP contribution in [0.4, 0.5) is 0 Å². The van der Waals surface area contributed by atoms with Crippen LogP contribution in [0, 0.1) is 0 Å². The zero-order valence-corrected chi connectivity index (χ0v) is 19.7. The Balaban J connectivity index is 1.50. The van der Waals surface area contributed by atoms with Crippen molar-refractivity contribution in [3.8, 4) is 5.75 Å². The maximum absolute atomic E-state index is 12.8. The number of nitrogens with one attached hydrogen (secondary N) is 2. The Kier molecular flexibility index (Phi) is 7.13. The number of nitrogens with zero attached hydrogens (tertiary/aromatic N) is 2. The van der Waals surface area contributed by atoms with E-state index in [9.17, 15) is 9.59 Å². The molecule has 8 heteroatoms. The lowest BCUT2D eigenvalue weighted by molar-refractivity contribution is -0.121. The predicted octanol–water partition coefficient (Wildman–Crippen LogP) is 4.51. The van der Waals surface area contributed by atoms with Gasteiger partial charge in [0.15, 0.2) is 0 Å². The molecule has 0 aliphatic heterocycles. The third kappa shape index (κ3) is 5.38. The molecule has 0 fully saturated rings. The number of benzene rings is 3. The molecule has 0 spiro atoms. The summed E-state index contributed by atoms with van der Waals surface area (Å²) in [4.78, 5) is 30.2. The number of hydrogen-bond acceptors (Lipinski definition) is 4. The molecule has 3 aromatic carbocycles. The van der Waals surface area contributed by atoms with Gasteiger partial charge in [0.1, 0.15) is 18.1 Å². The number of rotatable bonds is 8. The lowest BCUT2D eigenvalue weighted by atomic mass is 10.2. The fraction of sp³-hybridized carbons (Fsp3) is 0.192. The number of halogens is 1. The monoisotopic (exact) mass is 476 g/mol. The van der Waals surface area contributed by atoms with Gasteiger partial charge in [-0.05, 0) is 61.0 Å². The fourth-order valence-electron chi connectivity index (χ4n) is 3.68. The van der Waals surface area contributed by atoms with Crippen molar-refractivity contribution >= 4 is 34.4 Å². The largest absolute Gasteiger partial charge is 0.497 e. The minimum atomic E-state index is -0.426. The van der Waals surface area contributed by atoms with E-state index in [1.807, 2.05) is 60.0 Å². The molecule has 1 atom stereocenters. The Morgan fingerprint density at radius 1 is 1.03 bits per heavy atom. The molecule has 0 aliphatic carbocycles. The molecule has 2 amide bonds. The standard InChI is InChI=1S/C26H25ClN4O3/c1-17(29-26(33)19-9-11-20(27)12-10-19)25-30-22-5-3-4-6-23(22)31(25)16-24(32)28-15-18-7-13-21(34-2)14-8-18/h3-14,17H,15-16H2,1-2H3,(H,28,32)(H,29,33). The maximum Gasteiger partial charge on any atom is 0.251 e. The van der Waals surface area contributed by atoms with Gasteiger partial charge >= 0.3 is 0 Å². The lowest BCUT2D eigenvalue weighted by Crippen LogP contribution is -2.31. The van der Waals surface area contributed by atoms with Crippen LogP contribution < -0.4 is 15.4 Å². The smallest absolute Gasteiger partial charge is 0.251 e. The van der Waals surface area contributed by atoms with Crippen LogP contribution in [0.15, 0.2) is 72.8 Å². The van der Waals surface area contributed by atoms with E-state index in [1.54, 1.807) is 31.4 Å². The third-order valence-corrected chi connectivity index (χ3v) is 5.73. The summed E-state index contributed by atoms with van der Waals surface area (Å²) < 4.78 is 7.01. The summed E-state index contributed by atoms with van der Waals surface area (Å²) in [6, 6.07) is 21.4. The molecule has 0 saturated carbocycles.